The summed E-state index contributed by atoms with van der Waals surface area (Å²) in [5, 5.41) is 21.7. The maximum Gasteiger partial charge on any atom is 0.330 e. The lowest BCUT2D eigenvalue weighted by atomic mass is 9.86. The molecule has 2 aromatic carbocycles. The Bertz CT molecular complexity index is 773. The van der Waals surface area contributed by atoms with Gasteiger partial charge in [0.1, 0.15) is 0 Å². The molecule has 0 radical (unpaired) electrons. The van der Waals surface area contributed by atoms with Crippen LogP contribution in [0.3, 0.4) is 0 Å². The van der Waals surface area contributed by atoms with E-state index >= 15 is 0 Å². The molecule has 3 N–H and O–H groups in total. The molecule has 138 valence electrons. The van der Waals surface area contributed by atoms with Gasteiger partial charge in [0.15, 0.2) is 6.04 Å². The molecule has 2 atom stereocenters. The number of hydrogen-bond acceptors (Lipinski definition) is 3. The summed E-state index contributed by atoms with van der Waals surface area (Å²) >= 11 is 0. The van der Waals surface area contributed by atoms with Crippen molar-refractivity contribution in [2.45, 2.75) is 45.1 Å². The molecule has 5 nitrogen and oxygen atoms in total. The molecule has 0 bridgehead atoms. The smallest absolute Gasteiger partial charge is 0.330 e. The molecule has 2 rings (SSSR count). The van der Waals surface area contributed by atoms with Gasteiger partial charge in [-0.25, -0.2) is 4.79 Å². The van der Waals surface area contributed by atoms with Crippen molar-refractivity contribution in [3.05, 3.63) is 65.2 Å². The third-order valence-corrected chi connectivity index (χ3v) is 4.45. The Morgan fingerprint density at radius 3 is 1.77 bits per heavy atom. The average molecular weight is 355 g/mol. The number of carboxylic acids is 2. The number of carbonyl (C=O) groups is 2. The van der Waals surface area contributed by atoms with Gasteiger partial charge < -0.3 is 15.5 Å². The van der Waals surface area contributed by atoms with Crippen molar-refractivity contribution in [3.63, 3.8) is 0 Å². The van der Waals surface area contributed by atoms with Gasteiger partial charge in [0, 0.05) is 5.69 Å². The molecule has 26 heavy (non-hydrogen) atoms. The van der Waals surface area contributed by atoms with Crippen LogP contribution >= 0.6 is 0 Å². The normalized spacial score (nSPS) is 13.7. The first-order valence-corrected chi connectivity index (χ1v) is 8.52. The van der Waals surface area contributed by atoms with Gasteiger partial charge in [0.25, 0.3) is 0 Å². The zero-order chi connectivity index (χ0) is 19.5. The van der Waals surface area contributed by atoms with E-state index in [9.17, 15) is 14.7 Å². The Labute approximate surface area is 153 Å². The lowest BCUT2D eigenvalue weighted by Crippen LogP contribution is -2.21. The van der Waals surface area contributed by atoms with E-state index in [2.05, 4.69) is 26.1 Å². The van der Waals surface area contributed by atoms with E-state index < -0.39 is 23.9 Å². The molecular formula is C21H25NO4. The van der Waals surface area contributed by atoms with Crippen LogP contribution in [-0.4, -0.2) is 22.2 Å². The second-order valence-electron chi connectivity index (χ2n) is 7.47. The van der Waals surface area contributed by atoms with Gasteiger partial charge in [-0.3, -0.25) is 4.79 Å². The molecule has 0 saturated heterocycles. The molecule has 2 aromatic rings. The minimum Gasteiger partial charge on any atom is -0.481 e. The molecule has 5 heteroatoms. The molecule has 0 fully saturated rings. The summed E-state index contributed by atoms with van der Waals surface area (Å²) in [4.78, 5) is 22.8. The van der Waals surface area contributed by atoms with Crippen molar-refractivity contribution in [1.82, 2.24) is 0 Å². The summed E-state index contributed by atoms with van der Waals surface area (Å²) in [6.45, 7) is 7.93. The van der Waals surface area contributed by atoms with E-state index in [0.29, 0.717) is 16.8 Å². The number of nitrogens with one attached hydrogen (secondary N) is 1. The van der Waals surface area contributed by atoms with Gasteiger partial charge in [-0.1, -0.05) is 57.2 Å². The van der Waals surface area contributed by atoms with Crippen LogP contribution in [0.4, 0.5) is 5.69 Å². The van der Waals surface area contributed by atoms with Gasteiger partial charge in [-0.2, -0.15) is 0 Å². The standard InChI is InChI=1S/C21H25NO4/c1-13(19(23)24)14-7-11-17(12-8-14)22-18(20(25)26)15-5-9-16(10-6-15)21(2,3)4/h5-13,18,22H,1-4H3,(H,23,24)(H,25,26). The zero-order valence-electron chi connectivity index (χ0n) is 15.5. The SMILES string of the molecule is CC(C(=O)O)c1ccc(NC(C(=O)O)c2ccc(C(C)(C)C)cc2)cc1. The van der Waals surface area contributed by atoms with Crippen molar-refractivity contribution in [2.75, 3.05) is 5.32 Å². The minimum atomic E-state index is -0.975. The fourth-order valence-corrected chi connectivity index (χ4v) is 2.64. The third kappa shape index (κ3) is 4.63. The Morgan fingerprint density at radius 1 is 0.846 bits per heavy atom. The predicted molar refractivity (Wildman–Crippen MR) is 102 cm³/mol. The van der Waals surface area contributed by atoms with Gasteiger partial charge in [-0.15, -0.1) is 0 Å². The van der Waals surface area contributed by atoms with Crippen LogP contribution in [0.5, 0.6) is 0 Å². The van der Waals surface area contributed by atoms with E-state index in [4.69, 9.17) is 5.11 Å². The Hall–Kier alpha value is -2.82. The second-order valence-corrected chi connectivity index (χ2v) is 7.47. The Morgan fingerprint density at radius 2 is 1.35 bits per heavy atom. The summed E-state index contributed by atoms with van der Waals surface area (Å²) in [7, 11) is 0. The number of aliphatic carboxylic acids is 2. The van der Waals surface area contributed by atoms with Gasteiger partial charge >= 0.3 is 11.9 Å². The van der Waals surface area contributed by atoms with Crippen LogP contribution in [0.2, 0.25) is 0 Å². The molecule has 0 aliphatic rings. The first-order valence-electron chi connectivity index (χ1n) is 8.52. The second kappa shape index (κ2) is 7.60. The molecule has 0 aliphatic carbocycles. The third-order valence-electron chi connectivity index (χ3n) is 4.45. The average Bonchev–Trinajstić information content (AvgIpc) is 2.58. The monoisotopic (exact) mass is 355 g/mol. The molecule has 0 aromatic heterocycles. The summed E-state index contributed by atoms with van der Waals surface area (Å²) in [5.74, 6) is -2.48. The van der Waals surface area contributed by atoms with Crippen LogP contribution in [-0.2, 0) is 15.0 Å². The summed E-state index contributed by atoms with van der Waals surface area (Å²) in [6, 6.07) is 13.5. The zero-order valence-corrected chi connectivity index (χ0v) is 15.5. The van der Waals surface area contributed by atoms with Crippen LogP contribution < -0.4 is 5.32 Å². The number of anilines is 1. The summed E-state index contributed by atoms with van der Waals surface area (Å²) in [5.41, 5.74) is 3.09. The van der Waals surface area contributed by atoms with Crippen molar-refractivity contribution >= 4 is 17.6 Å². The number of hydrogen-bond donors (Lipinski definition) is 3. The maximum absolute atomic E-state index is 11.7. The molecular weight excluding hydrogens is 330 g/mol. The first-order chi connectivity index (χ1) is 12.1. The van der Waals surface area contributed by atoms with Crippen molar-refractivity contribution in [2.24, 2.45) is 0 Å². The van der Waals surface area contributed by atoms with Crippen LogP contribution in [0, 0.1) is 0 Å². The highest BCUT2D eigenvalue weighted by molar-refractivity contribution is 5.79. The molecule has 0 amide bonds. The van der Waals surface area contributed by atoms with Crippen LogP contribution in [0.25, 0.3) is 0 Å². The van der Waals surface area contributed by atoms with E-state index in [-0.39, 0.29) is 5.41 Å². The molecule has 2 unspecified atom stereocenters. The van der Waals surface area contributed by atoms with Crippen molar-refractivity contribution < 1.29 is 19.8 Å². The number of carboxylic acid groups (broad SMARTS) is 2. The van der Waals surface area contributed by atoms with E-state index in [1.807, 2.05) is 24.3 Å². The summed E-state index contributed by atoms with van der Waals surface area (Å²) < 4.78 is 0. The largest absolute Gasteiger partial charge is 0.481 e. The van der Waals surface area contributed by atoms with E-state index in [1.165, 1.54) is 0 Å². The van der Waals surface area contributed by atoms with Crippen molar-refractivity contribution in [1.29, 1.82) is 0 Å². The molecule has 0 spiro atoms. The lowest BCUT2D eigenvalue weighted by Gasteiger charge is -2.21. The molecule has 0 saturated carbocycles. The topological polar surface area (TPSA) is 86.6 Å². The Balaban J connectivity index is 2.21. The fourth-order valence-electron chi connectivity index (χ4n) is 2.64. The van der Waals surface area contributed by atoms with Gasteiger partial charge in [0.2, 0.25) is 0 Å². The quantitative estimate of drug-likeness (QED) is 0.714. The number of rotatable bonds is 6. The molecule has 0 heterocycles. The van der Waals surface area contributed by atoms with E-state index in [1.54, 1.807) is 31.2 Å². The highest BCUT2D eigenvalue weighted by Crippen LogP contribution is 2.26. The lowest BCUT2D eigenvalue weighted by molar-refractivity contribution is -0.139. The predicted octanol–water partition coefficient (Wildman–Crippen LogP) is 4.41. The summed E-state index contributed by atoms with van der Waals surface area (Å²) in [6.07, 6.45) is 0. The fraction of sp³-hybridized carbons (Fsp3) is 0.333. The highest BCUT2D eigenvalue weighted by atomic mass is 16.4. The van der Waals surface area contributed by atoms with E-state index in [0.717, 1.165) is 5.56 Å². The number of benzene rings is 2. The first kappa shape index (κ1) is 19.5. The molecule has 0 aliphatic heterocycles. The highest BCUT2D eigenvalue weighted by Gasteiger charge is 2.21. The van der Waals surface area contributed by atoms with Crippen molar-refractivity contribution in [3.8, 4) is 0 Å². The maximum atomic E-state index is 11.7. The van der Waals surface area contributed by atoms with Gasteiger partial charge in [0.05, 0.1) is 5.92 Å². The van der Waals surface area contributed by atoms with Gasteiger partial charge in [-0.05, 0) is 41.2 Å². The van der Waals surface area contributed by atoms with Crippen LogP contribution in [0.15, 0.2) is 48.5 Å². The Kier molecular flexibility index (Phi) is 5.70. The minimum absolute atomic E-state index is 0.00133. The van der Waals surface area contributed by atoms with Crippen LogP contribution in [0.1, 0.15) is 56.3 Å².